The van der Waals surface area contributed by atoms with Crippen LogP contribution in [0.2, 0.25) is 0 Å². The highest BCUT2D eigenvalue weighted by atomic mass is 16.5. The van der Waals surface area contributed by atoms with Crippen molar-refractivity contribution in [2.24, 2.45) is 0 Å². The lowest BCUT2D eigenvalue weighted by Crippen LogP contribution is -2.31. The number of ether oxygens (including phenoxy) is 1. The van der Waals surface area contributed by atoms with Crippen LogP contribution >= 0.6 is 0 Å². The molecule has 3 nitrogen and oxygen atoms in total. The van der Waals surface area contributed by atoms with Crippen molar-refractivity contribution >= 4 is 11.7 Å². The molecule has 0 atom stereocenters. The summed E-state index contributed by atoms with van der Waals surface area (Å²) < 4.78 is 5.01. The van der Waals surface area contributed by atoms with Crippen molar-refractivity contribution in [3.8, 4) is 0 Å². The smallest absolute Gasteiger partial charge is 0.338 e. The molecule has 0 aliphatic rings. The Bertz CT molecular complexity index is 412. The molecule has 0 aliphatic carbocycles. The molecule has 0 heterocycles. The van der Waals surface area contributed by atoms with E-state index < -0.39 is 0 Å². The monoisotopic (exact) mass is 291 g/mol. The molecule has 1 rings (SSSR count). The van der Waals surface area contributed by atoms with Crippen LogP contribution in [-0.2, 0) is 4.74 Å². The molecule has 0 radical (unpaired) electrons. The first-order valence-electron chi connectivity index (χ1n) is 8.14. The first kappa shape index (κ1) is 17.5. The zero-order valence-corrected chi connectivity index (χ0v) is 13.9. The fraction of sp³-hybridized carbons (Fsp3) is 0.611. The van der Waals surface area contributed by atoms with E-state index in [1.165, 1.54) is 31.4 Å². The maximum absolute atomic E-state index is 11.7. The van der Waals surface area contributed by atoms with Crippen LogP contribution in [-0.4, -0.2) is 25.2 Å². The molecule has 1 aromatic carbocycles. The Kier molecular flexibility index (Phi) is 7.88. The summed E-state index contributed by atoms with van der Waals surface area (Å²) in [5.41, 5.74) is 1.80. The van der Waals surface area contributed by atoms with Crippen molar-refractivity contribution in [3.63, 3.8) is 0 Å². The number of esters is 1. The van der Waals surface area contributed by atoms with E-state index in [2.05, 4.69) is 25.7 Å². The van der Waals surface area contributed by atoms with E-state index in [0.717, 1.165) is 6.54 Å². The molecule has 0 aromatic heterocycles. The summed E-state index contributed by atoms with van der Waals surface area (Å²) in [5.74, 6) is -0.247. The summed E-state index contributed by atoms with van der Waals surface area (Å²) in [7, 11) is 0. The van der Waals surface area contributed by atoms with Crippen LogP contribution < -0.4 is 4.90 Å². The van der Waals surface area contributed by atoms with Gasteiger partial charge in [-0.1, -0.05) is 26.2 Å². The van der Waals surface area contributed by atoms with Gasteiger partial charge in [0.15, 0.2) is 0 Å². The van der Waals surface area contributed by atoms with E-state index in [4.69, 9.17) is 4.74 Å². The van der Waals surface area contributed by atoms with Gasteiger partial charge in [0.25, 0.3) is 0 Å². The van der Waals surface area contributed by atoms with Gasteiger partial charge in [0, 0.05) is 18.3 Å². The Labute approximate surface area is 129 Å². The average Bonchev–Trinajstić information content (AvgIpc) is 2.47. The minimum Gasteiger partial charge on any atom is -0.462 e. The Hall–Kier alpha value is -1.51. The third-order valence-electron chi connectivity index (χ3n) is 3.59. The maximum atomic E-state index is 11.7. The highest BCUT2D eigenvalue weighted by molar-refractivity contribution is 5.89. The number of anilines is 1. The highest BCUT2D eigenvalue weighted by Crippen LogP contribution is 2.19. The zero-order chi connectivity index (χ0) is 15.7. The second-order valence-corrected chi connectivity index (χ2v) is 5.62. The summed E-state index contributed by atoms with van der Waals surface area (Å²) in [6.07, 6.45) is 5.05. The molecule has 118 valence electrons. The third kappa shape index (κ3) is 5.78. The van der Waals surface area contributed by atoms with E-state index in [-0.39, 0.29) is 5.97 Å². The first-order valence-corrected chi connectivity index (χ1v) is 8.14. The third-order valence-corrected chi connectivity index (χ3v) is 3.59. The Balaban J connectivity index is 2.68. The van der Waals surface area contributed by atoms with E-state index in [1.807, 2.05) is 31.2 Å². The van der Waals surface area contributed by atoms with E-state index in [0.29, 0.717) is 18.2 Å². The molecule has 0 amide bonds. The second-order valence-electron chi connectivity index (χ2n) is 5.62. The number of hydrogen-bond acceptors (Lipinski definition) is 3. The van der Waals surface area contributed by atoms with Crippen molar-refractivity contribution < 1.29 is 9.53 Å². The van der Waals surface area contributed by atoms with Crippen molar-refractivity contribution in [3.05, 3.63) is 29.8 Å². The highest BCUT2D eigenvalue weighted by Gasteiger charge is 2.12. The fourth-order valence-electron chi connectivity index (χ4n) is 2.40. The molecule has 0 fully saturated rings. The van der Waals surface area contributed by atoms with Gasteiger partial charge in [-0.3, -0.25) is 0 Å². The van der Waals surface area contributed by atoms with Crippen LogP contribution in [0.5, 0.6) is 0 Å². The molecular formula is C18H29NO2. The van der Waals surface area contributed by atoms with Gasteiger partial charge < -0.3 is 9.64 Å². The van der Waals surface area contributed by atoms with Crippen LogP contribution in [0.4, 0.5) is 5.69 Å². The molecule has 3 heteroatoms. The maximum Gasteiger partial charge on any atom is 0.338 e. The number of hydrogen-bond donors (Lipinski definition) is 0. The molecule has 0 unspecified atom stereocenters. The minimum atomic E-state index is -0.247. The predicted octanol–water partition coefficient (Wildman–Crippen LogP) is 4.66. The minimum absolute atomic E-state index is 0.247. The lowest BCUT2D eigenvalue weighted by molar-refractivity contribution is 0.0526. The van der Waals surface area contributed by atoms with Crippen molar-refractivity contribution in [1.29, 1.82) is 0 Å². The summed E-state index contributed by atoms with van der Waals surface area (Å²) >= 11 is 0. The summed E-state index contributed by atoms with van der Waals surface area (Å²) in [4.78, 5) is 14.1. The molecule has 0 N–H and O–H groups in total. The SMILES string of the molecule is CCCCCCN(c1ccc(C(=O)OCC)cc1)C(C)C. The second kappa shape index (κ2) is 9.43. The normalized spacial score (nSPS) is 10.7. The summed E-state index contributed by atoms with van der Waals surface area (Å²) in [6.45, 7) is 9.95. The van der Waals surface area contributed by atoms with E-state index in [1.54, 1.807) is 0 Å². The van der Waals surface area contributed by atoms with Crippen LogP contribution in [0.15, 0.2) is 24.3 Å². The van der Waals surface area contributed by atoms with Gasteiger partial charge in [0.2, 0.25) is 0 Å². The van der Waals surface area contributed by atoms with E-state index in [9.17, 15) is 4.79 Å². The van der Waals surface area contributed by atoms with Gasteiger partial charge in [-0.25, -0.2) is 4.79 Å². The lowest BCUT2D eigenvalue weighted by atomic mass is 10.1. The van der Waals surface area contributed by atoms with E-state index >= 15 is 0 Å². The quantitative estimate of drug-likeness (QED) is 0.489. The topological polar surface area (TPSA) is 29.5 Å². The molecular weight excluding hydrogens is 262 g/mol. The molecule has 1 aromatic rings. The van der Waals surface area contributed by atoms with Crippen LogP contribution in [0.25, 0.3) is 0 Å². The average molecular weight is 291 g/mol. The van der Waals surface area contributed by atoms with Gasteiger partial charge in [-0.05, 0) is 51.5 Å². The van der Waals surface area contributed by atoms with Gasteiger partial charge in [0.05, 0.1) is 12.2 Å². The molecule has 0 saturated carbocycles. The predicted molar refractivity (Wildman–Crippen MR) is 89.0 cm³/mol. The van der Waals surface area contributed by atoms with Crippen LogP contribution in [0.1, 0.15) is 63.7 Å². The Morgan fingerprint density at radius 2 is 1.76 bits per heavy atom. The molecule has 21 heavy (non-hydrogen) atoms. The first-order chi connectivity index (χ1) is 10.1. The largest absolute Gasteiger partial charge is 0.462 e. The van der Waals surface area contributed by atoms with Gasteiger partial charge in [-0.2, -0.15) is 0 Å². The van der Waals surface area contributed by atoms with Gasteiger partial charge in [-0.15, -0.1) is 0 Å². The number of nitrogens with zero attached hydrogens (tertiary/aromatic N) is 1. The summed E-state index contributed by atoms with van der Waals surface area (Å²) in [5, 5.41) is 0. The van der Waals surface area contributed by atoms with Crippen molar-refractivity contribution in [2.75, 3.05) is 18.1 Å². The van der Waals surface area contributed by atoms with Crippen LogP contribution in [0.3, 0.4) is 0 Å². The number of rotatable bonds is 9. The molecule has 0 aliphatic heterocycles. The fourth-order valence-corrected chi connectivity index (χ4v) is 2.40. The number of benzene rings is 1. The number of unbranched alkanes of at least 4 members (excludes halogenated alkanes) is 3. The van der Waals surface area contributed by atoms with Crippen molar-refractivity contribution in [1.82, 2.24) is 0 Å². The Morgan fingerprint density at radius 1 is 1.10 bits per heavy atom. The van der Waals surface area contributed by atoms with Crippen molar-refractivity contribution in [2.45, 2.75) is 59.4 Å². The molecule has 0 bridgehead atoms. The number of carbonyl (C=O) groups is 1. The van der Waals surface area contributed by atoms with Gasteiger partial charge >= 0.3 is 5.97 Å². The lowest BCUT2D eigenvalue weighted by Gasteiger charge is -2.29. The molecule has 0 spiro atoms. The standard InChI is InChI=1S/C18H29NO2/c1-5-7-8-9-14-19(15(3)4)17-12-10-16(11-13-17)18(20)21-6-2/h10-13,15H,5-9,14H2,1-4H3. The van der Waals surface area contributed by atoms with Gasteiger partial charge in [0.1, 0.15) is 0 Å². The van der Waals surface area contributed by atoms with Crippen LogP contribution in [0, 0.1) is 0 Å². The zero-order valence-electron chi connectivity index (χ0n) is 13.9. The number of carbonyl (C=O) groups excluding carboxylic acids is 1. The Morgan fingerprint density at radius 3 is 2.29 bits per heavy atom. The molecule has 0 saturated heterocycles. The summed E-state index contributed by atoms with van der Waals surface area (Å²) in [6, 6.07) is 8.21.